The minimum absolute atomic E-state index is 0.0604. The van der Waals surface area contributed by atoms with Crippen molar-refractivity contribution in [3.05, 3.63) is 150 Å². The highest BCUT2D eigenvalue weighted by Crippen LogP contribution is 2.35. The normalized spacial score (nSPS) is 14.1. The smallest absolute Gasteiger partial charge is 0.285 e. The molecule has 0 aliphatic carbocycles. The fourth-order valence-corrected chi connectivity index (χ4v) is 5.86. The molecule has 248 valence electrons. The maximum absolute atomic E-state index is 14.1. The van der Waals surface area contributed by atoms with Gasteiger partial charge in [0.05, 0.1) is 18.9 Å². The number of hydrogen-bond acceptors (Lipinski definition) is 7. The molecule has 1 aliphatic heterocycles. The number of benzene rings is 3. The zero-order valence-electron chi connectivity index (χ0n) is 27.3. The zero-order valence-corrected chi connectivity index (χ0v) is 28.1. The van der Waals surface area contributed by atoms with Gasteiger partial charge in [0, 0.05) is 11.3 Å². The summed E-state index contributed by atoms with van der Waals surface area (Å²) in [7, 11) is 1.46. The third kappa shape index (κ3) is 9.12. The third-order valence-electron chi connectivity index (χ3n) is 7.24. The van der Waals surface area contributed by atoms with Crippen molar-refractivity contribution in [3.8, 4) is 17.6 Å². The molecule has 0 bridgehead atoms. The molecule has 1 aliphatic rings. The summed E-state index contributed by atoms with van der Waals surface area (Å²) >= 11 is 0.984. The van der Waals surface area contributed by atoms with Crippen LogP contribution < -0.4 is 14.8 Å². The second kappa shape index (κ2) is 17.8. The zero-order chi connectivity index (χ0) is 35.2. The van der Waals surface area contributed by atoms with E-state index < -0.39 is 17.9 Å². The van der Waals surface area contributed by atoms with Crippen LogP contribution in [0.25, 0.3) is 6.08 Å². The first-order valence-corrected chi connectivity index (χ1v) is 16.3. The summed E-state index contributed by atoms with van der Waals surface area (Å²) in [5.41, 5.74) is 3.20. The summed E-state index contributed by atoms with van der Waals surface area (Å²) in [6.07, 6.45) is 10.1. The molecule has 0 saturated heterocycles. The van der Waals surface area contributed by atoms with Gasteiger partial charge in [-0.15, -0.1) is 6.58 Å². The maximum Gasteiger partial charge on any atom is 0.285 e. The van der Waals surface area contributed by atoms with E-state index in [0.717, 1.165) is 22.9 Å². The first-order valence-electron chi connectivity index (χ1n) is 15.3. The van der Waals surface area contributed by atoms with Gasteiger partial charge in [-0.1, -0.05) is 103 Å². The highest BCUT2D eigenvalue weighted by atomic mass is 32.2. The predicted octanol–water partition coefficient (Wildman–Crippen LogP) is 6.72. The number of amides is 3. The van der Waals surface area contributed by atoms with E-state index in [0.29, 0.717) is 34.7 Å². The predicted molar refractivity (Wildman–Crippen MR) is 194 cm³/mol. The maximum atomic E-state index is 14.1. The number of nitriles is 1. The Morgan fingerprint density at radius 1 is 1.08 bits per heavy atom. The SMILES string of the molecule is C=C/C=C\C(=C/C)N1C(=O)/C(=C/c2cc(CC=C)c(OCC#N)c(OC)c2)C(=O)N=C1SCC(=O)NC(c1ccccc1)c1ccccc1. The van der Waals surface area contributed by atoms with Crippen LogP contribution in [0.3, 0.4) is 0 Å². The van der Waals surface area contributed by atoms with Gasteiger partial charge in [0.25, 0.3) is 11.8 Å². The van der Waals surface area contributed by atoms with Crippen LogP contribution in [0.4, 0.5) is 0 Å². The van der Waals surface area contributed by atoms with Gasteiger partial charge in [-0.25, -0.2) is 0 Å². The van der Waals surface area contributed by atoms with Crippen LogP contribution in [0.1, 0.15) is 35.2 Å². The van der Waals surface area contributed by atoms with Crippen molar-refractivity contribution in [2.24, 2.45) is 4.99 Å². The summed E-state index contributed by atoms with van der Waals surface area (Å²) in [5, 5.41) is 12.2. The Labute approximate surface area is 290 Å². The number of hydrogen-bond donors (Lipinski definition) is 1. The number of rotatable bonds is 14. The first-order chi connectivity index (χ1) is 23.8. The molecule has 1 N–H and O–H groups in total. The number of nitrogens with one attached hydrogen (secondary N) is 1. The molecule has 0 saturated carbocycles. The minimum Gasteiger partial charge on any atom is -0.493 e. The summed E-state index contributed by atoms with van der Waals surface area (Å²) in [5.74, 6) is -1.10. The first kappa shape index (κ1) is 35.9. The average molecular weight is 673 g/mol. The van der Waals surface area contributed by atoms with Crippen LogP contribution >= 0.6 is 11.8 Å². The van der Waals surface area contributed by atoms with Crippen molar-refractivity contribution in [1.29, 1.82) is 5.26 Å². The van der Waals surface area contributed by atoms with E-state index in [1.54, 1.807) is 49.4 Å². The number of amidine groups is 1. The van der Waals surface area contributed by atoms with Crippen molar-refractivity contribution >= 4 is 40.7 Å². The number of carbonyl (C=O) groups excluding carboxylic acids is 3. The van der Waals surface area contributed by atoms with Gasteiger partial charge in [-0.2, -0.15) is 10.3 Å². The molecule has 0 spiro atoms. The summed E-state index contributed by atoms with van der Waals surface area (Å²) in [6, 6.07) is 24.1. The molecule has 1 heterocycles. The Balaban J connectivity index is 1.67. The topological polar surface area (TPSA) is 121 Å². The molecule has 3 amide bonds. The lowest BCUT2D eigenvalue weighted by Crippen LogP contribution is -2.42. The standard InChI is InChI=1S/C39H36N4O5S/c1-5-8-20-31(7-3)43-38(46)32(24-27-23-30(15-6-2)36(48-22-21-40)33(25-27)47-4)37(45)42-39(43)49-26-34(44)41-35(28-16-11-9-12-17-28)29-18-13-10-14-19-29/h5-14,16-20,23-25,35H,1-2,15,22,26H2,3-4H3,(H,41,44)/b20-8-,31-7+,32-24+. The number of carbonyl (C=O) groups is 3. The third-order valence-corrected chi connectivity index (χ3v) is 8.18. The van der Waals surface area contributed by atoms with E-state index in [2.05, 4.69) is 23.5 Å². The van der Waals surface area contributed by atoms with Crippen LogP contribution in [0.15, 0.2) is 133 Å². The summed E-state index contributed by atoms with van der Waals surface area (Å²) in [6.45, 7) is 9.07. The van der Waals surface area contributed by atoms with Gasteiger partial charge < -0.3 is 14.8 Å². The lowest BCUT2D eigenvalue weighted by atomic mass is 9.99. The lowest BCUT2D eigenvalue weighted by molar-refractivity contribution is -0.126. The molecule has 9 nitrogen and oxygen atoms in total. The molecule has 0 atom stereocenters. The van der Waals surface area contributed by atoms with Crippen molar-refractivity contribution in [2.45, 2.75) is 19.4 Å². The molecule has 0 aromatic heterocycles. The lowest BCUT2D eigenvalue weighted by Gasteiger charge is -2.28. The van der Waals surface area contributed by atoms with Gasteiger partial charge >= 0.3 is 0 Å². The molecular formula is C39H36N4O5S. The average Bonchev–Trinajstić information content (AvgIpc) is 3.12. The number of nitrogens with zero attached hydrogens (tertiary/aromatic N) is 3. The van der Waals surface area contributed by atoms with E-state index in [1.165, 1.54) is 18.1 Å². The van der Waals surface area contributed by atoms with Gasteiger partial charge in [0.1, 0.15) is 11.6 Å². The van der Waals surface area contributed by atoms with Crippen LogP contribution in [-0.4, -0.2) is 47.3 Å². The van der Waals surface area contributed by atoms with E-state index in [9.17, 15) is 14.4 Å². The van der Waals surface area contributed by atoms with E-state index in [-0.39, 0.29) is 29.0 Å². The molecule has 0 unspecified atom stereocenters. The Bertz CT molecular complexity index is 1830. The van der Waals surface area contributed by atoms with E-state index in [4.69, 9.17) is 14.7 Å². The van der Waals surface area contributed by atoms with Crippen LogP contribution in [0, 0.1) is 11.3 Å². The van der Waals surface area contributed by atoms with Crippen LogP contribution in [-0.2, 0) is 20.8 Å². The van der Waals surface area contributed by atoms with Crippen LogP contribution in [0.5, 0.6) is 11.5 Å². The molecule has 4 rings (SSSR count). The van der Waals surface area contributed by atoms with E-state index >= 15 is 0 Å². The molecule has 3 aromatic carbocycles. The highest BCUT2D eigenvalue weighted by Gasteiger charge is 2.35. The number of aliphatic imine (C=N–C) groups is 1. The number of allylic oxidation sites excluding steroid dienone is 5. The largest absolute Gasteiger partial charge is 0.493 e. The highest BCUT2D eigenvalue weighted by molar-refractivity contribution is 8.14. The molecule has 49 heavy (non-hydrogen) atoms. The number of methoxy groups -OCH3 is 1. The fraction of sp³-hybridized carbons (Fsp3) is 0.154. The Kier molecular flexibility index (Phi) is 13.1. The van der Waals surface area contributed by atoms with Crippen molar-refractivity contribution in [2.75, 3.05) is 19.5 Å². The summed E-state index contributed by atoms with van der Waals surface area (Å²) < 4.78 is 11.1. The van der Waals surface area contributed by atoms with Gasteiger partial charge in [0.15, 0.2) is 23.3 Å². The fourth-order valence-electron chi connectivity index (χ4n) is 5.05. The van der Waals surface area contributed by atoms with Crippen molar-refractivity contribution in [1.82, 2.24) is 10.2 Å². The van der Waals surface area contributed by atoms with Crippen molar-refractivity contribution < 1.29 is 23.9 Å². The molecule has 3 aromatic rings. The number of thioether (sulfide) groups is 1. The molecule has 0 radical (unpaired) electrons. The second-order valence-electron chi connectivity index (χ2n) is 10.5. The quantitative estimate of drug-likeness (QED) is 0.0874. The van der Waals surface area contributed by atoms with Gasteiger partial charge in [-0.05, 0) is 54.3 Å². The Morgan fingerprint density at radius 2 is 1.76 bits per heavy atom. The van der Waals surface area contributed by atoms with Crippen molar-refractivity contribution in [3.63, 3.8) is 0 Å². The minimum atomic E-state index is -0.757. The second-order valence-corrected chi connectivity index (χ2v) is 11.4. The molecule has 0 fully saturated rings. The Hall–Kier alpha value is -5.92. The van der Waals surface area contributed by atoms with Crippen LogP contribution in [0.2, 0.25) is 0 Å². The summed E-state index contributed by atoms with van der Waals surface area (Å²) in [4.78, 5) is 46.6. The Morgan fingerprint density at radius 3 is 2.33 bits per heavy atom. The monoisotopic (exact) mass is 672 g/mol. The molecular weight excluding hydrogens is 637 g/mol. The van der Waals surface area contributed by atoms with Gasteiger partial charge in [-0.3, -0.25) is 19.3 Å². The van der Waals surface area contributed by atoms with E-state index in [1.807, 2.05) is 66.7 Å². The molecule has 10 heteroatoms. The van der Waals surface area contributed by atoms with Gasteiger partial charge in [0.2, 0.25) is 5.91 Å². The number of ether oxygens (including phenoxy) is 2.